The molecule has 1 heterocycles. The van der Waals surface area contributed by atoms with Crippen molar-refractivity contribution in [1.82, 2.24) is 4.98 Å². The van der Waals surface area contributed by atoms with E-state index in [2.05, 4.69) is 10.4 Å². The van der Waals surface area contributed by atoms with Gasteiger partial charge >= 0.3 is 0 Å². The lowest BCUT2D eigenvalue weighted by molar-refractivity contribution is 0.0997. The molecule has 128 valence electrons. The number of amides is 1. The molecule has 0 bridgehead atoms. The summed E-state index contributed by atoms with van der Waals surface area (Å²) < 4.78 is 0. The van der Waals surface area contributed by atoms with Crippen LogP contribution in [0.15, 0.2) is 48.5 Å². The summed E-state index contributed by atoms with van der Waals surface area (Å²) in [7, 11) is 1.72. The average Bonchev–Trinajstić information content (AvgIpc) is 3.08. The van der Waals surface area contributed by atoms with Gasteiger partial charge in [-0.2, -0.15) is 0 Å². The molecule has 0 aliphatic rings. The van der Waals surface area contributed by atoms with Crippen molar-refractivity contribution in [2.75, 3.05) is 17.4 Å². The van der Waals surface area contributed by atoms with E-state index in [1.54, 1.807) is 18.0 Å². The summed E-state index contributed by atoms with van der Waals surface area (Å²) in [5.74, 6) is 5.32. The van der Waals surface area contributed by atoms with Crippen molar-refractivity contribution >= 4 is 39.7 Å². The number of nitrogen functional groups attached to an aromatic ring is 1. The molecule has 1 amide bonds. The molecule has 0 aliphatic carbocycles. The molecule has 0 atom stereocenters. The second-order valence-corrected chi connectivity index (χ2v) is 6.91. The van der Waals surface area contributed by atoms with Crippen molar-refractivity contribution in [2.45, 2.75) is 6.92 Å². The lowest BCUT2D eigenvalue weighted by Gasteiger charge is -2.18. The highest BCUT2D eigenvalue weighted by Crippen LogP contribution is 2.33. The zero-order valence-corrected chi connectivity index (χ0v) is 15.4. The summed E-state index contributed by atoms with van der Waals surface area (Å²) in [5, 5.41) is 1.10. The molecule has 5 nitrogen and oxygen atoms in total. The first-order valence-corrected chi connectivity index (χ1v) is 8.77. The Hall–Kier alpha value is -2.41. The van der Waals surface area contributed by atoms with Crippen molar-refractivity contribution in [3.8, 4) is 11.3 Å². The third kappa shape index (κ3) is 3.51. The topological polar surface area (TPSA) is 71.2 Å². The number of hydrogen-bond acceptors (Lipinski definition) is 5. The molecule has 2 aromatic carbocycles. The molecule has 0 saturated carbocycles. The number of carbonyl (C=O) groups is 1. The Labute approximate surface area is 155 Å². The number of hydrazine groups is 1. The normalized spacial score (nSPS) is 10.6. The second-order valence-electron chi connectivity index (χ2n) is 5.50. The molecule has 3 aromatic rings. The van der Waals surface area contributed by atoms with Crippen LogP contribution in [-0.2, 0) is 0 Å². The molecule has 0 radical (unpaired) electrons. The van der Waals surface area contributed by atoms with Gasteiger partial charge in [-0.15, -0.1) is 0 Å². The van der Waals surface area contributed by atoms with E-state index in [1.165, 1.54) is 11.3 Å². The van der Waals surface area contributed by atoms with Crippen molar-refractivity contribution in [2.24, 2.45) is 5.84 Å². The van der Waals surface area contributed by atoms with Gasteiger partial charge in [-0.05, 0) is 24.6 Å². The maximum absolute atomic E-state index is 13.0. The average molecular weight is 373 g/mol. The molecule has 0 spiro atoms. The molecule has 0 unspecified atom stereocenters. The number of hydrogen-bond donors (Lipinski definition) is 2. The van der Waals surface area contributed by atoms with E-state index in [1.807, 2.05) is 49.4 Å². The molecule has 25 heavy (non-hydrogen) atoms. The third-order valence-corrected chi connectivity index (χ3v) is 5.22. The fourth-order valence-corrected chi connectivity index (χ4v) is 3.43. The standard InChI is InChI=1S/C18H17ClN4OS/c1-11-8-9-13(10-14(11)19)23(2)17(24)16-15(21-18(22-20)25-16)12-6-4-3-5-7-12/h3-10H,20H2,1-2H3,(H,21,22). The Bertz CT molecular complexity index is 911. The van der Waals surface area contributed by atoms with E-state index in [0.29, 0.717) is 20.7 Å². The van der Waals surface area contributed by atoms with E-state index in [-0.39, 0.29) is 5.91 Å². The zero-order chi connectivity index (χ0) is 18.0. The molecule has 0 aliphatic heterocycles. The number of benzene rings is 2. The van der Waals surface area contributed by atoms with Crippen LogP contribution in [0.5, 0.6) is 0 Å². The number of rotatable bonds is 4. The maximum atomic E-state index is 13.0. The first kappa shape index (κ1) is 17.4. The van der Waals surface area contributed by atoms with Gasteiger partial charge in [0.2, 0.25) is 0 Å². The van der Waals surface area contributed by atoms with Gasteiger partial charge < -0.3 is 4.90 Å². The summed E-state index contributed by atoms with van der Waals surface area (Å²) in [6.45, 7) is 1.92. The van der Waals surface area contributed by atoms with Gasteiger partial charge in [-0.1, -0.05) is 59.3 Å². The third-order valence-electron chi connectivity index (χ3n) is 3.84. The smallest absolute Gasteiger partial charge is 0.270 e. The van der Waals surface area contributed by atoms with Gasteiger partial charge in [0.15, 0.2) is 5.13 Å². The van der Waals surface area contributed by atoms with E-state index in [9.17, 15) is 4.79 Å². The minimum Gasteiger partial charge on any atom is -0.311 e. The van der Waals surface area contributed by atoms with Crippen LogP contribution in [0, 0.1) is 6.92 Å². The number of aromatic nitrogens is 1. The van der Waals surface area contributed by atoms with Gasteiger partial charge in [0.25, 0.3) is 5.91 Å². The number of aryl methyl sites for hydroxylation is 1. The molecule has 0 fully saturated rings. The van der Waals surface area contributed by atoms with E-state index >= 15 is 0 Å². The molecule has 0 saturated heterocycles. The van der Waals surface area contributed by atoms with E-state index < -0.39 is 0 Å². The van der Waals surface area contributed by atoms with Gasteiger partial charge in [-0.3, -0.25) is 10.2 Å². The number of nitrogens with one attached hydrogen (secondary N) is 1. The van der Waals surface area contributed by atoms with Crippen molar-refractivity contribution in [1.29, 1.82) is 0 Å². The second kappa shape index (κ2) is 7.23. The van der Waals surface area contributed by atoms with Crippen LogP contribution in [0.3, 0.4) is 0 Å². The van der Waals surface area contributed by atoms with Gasteiger partial charge in [0.05, 0.1) is 5.69 Å². The van der Waals surface area contributed by atoms with E-state index in [4.69, 9.17) is 17.4 Å². The van der Waals surface area contributed by atoms with Crippen LogP contribution in [0.1, 0.15) is 15.2 Å². The van der Waals surface area contributed by atoms with Gasteiger partial charge in [0.1, 0.15) is 4.88 Å². The first-order valence-electron chi connectivity index (χ1n) is 7.58. The summed E-state index contributed by atoms with van der Waals surface area (Å²) in [6, 6.07) is 15.1. The molecule has 7 heteroatoms. The molecule has 1 aromatic heterocycles. The molecular weight excluding hydrogens is 356 g/mol. The number of nitrogens with zero attached hydrogens (tertiary/aromatic N) is 2. The van der Waals surface area contributed by atoms with Crippen LogP contribution >= 0.6 is 22.9 Å². The summed E-state index contributed by atoms with van der Waals surface area (Å²) in [4.78, 5) is 19.6. The van der Waals surface area contributed by atoms with Crippen molar-refractivity contribution in [3.63, 3.8) is 0 Å². The summed E-state index contributed by atoms with van der Waals surface area (Å²) in [6.07, 6.45) is 0. The quantitative estimate of drug-likeness (QED) is 0.528. The highest BCUT2D eigenvalue weighted by Gasteiger charge is 2.23. The van der Waals surface area contributed by atoms with Crippen LogP contribution in [0.2, 0.25) is 5.02 Å². The van der Waals surface area contributed by atoms with Crippen molar-refractivity contribution < 1.29 is 4.79 Å². The Morgan fingerprint density at radius 1 is 1.24 bits per heavy atom. The largest absolute Gasteiger partial charge is 0.311 e. The summed E-state index contributed by atoms with van der Waals surface area (Å²) >= 11 is 7.41. The minimum atomic E-state index is -0.169. The van der Waals surface area contributed by atoms with Crippen LogP contribution in [0.25, 0.3) is 11.3 Å². The fourth-order valence-electron chi connectivity index (χ4n) is 2.38. The molecule has 3 rings (SSSR count). The van der Waals surface area contributed by atoms with Crippen LogP contribution in [0.4, 0.5) is 10.8 Å². The number of nitrogens with two attached hydrogens (primary N) is 1. The lowest BCUT2D eigenvalue weighted by Crippen LogP contribution is -2.26. The minimum absolute atomic E-state index is 0.169. The highest BCUT2D eigenvalue weighted by molar-refractivity contribution is 7.18. The zero-order valence-electron chi connectivity index (χ0n) is 13.8. The van der Waals surface area contributed by atoms with Gasteiger partial charge in [0, 0.05) is 23.3 Å². The van der Waals surface area contributed by atoms with Crippen molar-refractivity contribution in [3.05, 3.63) is 64.0 Å². The Kier molecular flexibility index (Phi) is 5.03. The maximum Gasteiger partial charge on any atom is 0.270 e. The highest BCUT2D eigenvalue weighted by atomic mass is 35.5. The SMILES string of the molecule is Cc1ccc(N(C)C(=O)c2sc(NN)nc2-c2ccccc2)cc1Cl. The fraction of sp³-hybridized carbons (Fsp3) is 0.111. The Morgan fingerprint density at radius 3 is 2.60 bits per heavy atom. The first-order chi connectivity index (χ1) is 12.0. The molecule has 3 N–H and O–H groups in total. The Morgan fingerprint density at radius 2 is 1.96 bits per heavy atom. The molecular formula is C18H17ClN4OS. The van der Waals surface area contributed by atoms with E-state index in [0.717, 1.165) is 16.8 Å². The number of halogens is 1. The Balaban J connectivity index is 2.01. The number of thiazole rings is 1. The number of anilines is 2. The van der Waals surface area contributed by atoms with Crippen LogP contribution < -0.4 is 16.2 Å². The number of carbonyl (C=O) groups excluding carboxylic acids is 1. The monoisotopic (exact) mass is 372 g/mol. The van der Waals surface area contributed by atoms with Crippen LogP contribution in [-0.4, -0.2) is 17.9 Å². The van der Waals surface area contributed by atoms with Gasteiger partial charge in [-0.25, -0.2) is 10.8 Å². The summed E-state index contributed by atoms with van der Waals surface area (Å²) in [5.41, 5.74) is 5.67. The predicted octanol–water partition coefficient (Wildman–Crippen LogP) is 4.33. The lowest BCUT2D eigenvalue weighted by atomic mass is 10.1. The predicted molar refractivity (Wildman–Crippen MR) is 104 cm³/mol.